The molecule has 1 heterocycles. The second-order valence-electron chi connectivity index (χ2n) is 2.23. The molecular weight excluding hydrogens is 172 g/mol. The molecule has 0 spiro atoms. The maximum atomic E-state index is 5.26. The summed E-state index contributed by atoms with van der Waals surface area (Å²) in [6.07, 6.45) is 4.67. The van der Waals surface area contributed by atoms with E-state index in [4.69, 9.17) is 4.74 Å². The number of aromatic nitrogens is 2. The van der Waals surface area contributed by atoms with Crippen LogP contribution in [0, 0.1) is 0 Å². The smallest absolute Gasteiger partial charge is 0.317 e. The standard InChI is InChI=1S/C8H12N2OS/c1-3-6-11-8-9-5-4-7(10-8)12-2/h4-5H,3,6H2,1-2H3. The zero-order valence-electron chi connectivity index (χ0n) is 7.28. The van der Waals surface area contributed by atoms with Crippen molar-refractivity contribution in [3.8, 4) is 6.01 Å². The van der Waals surface area contributed by atoms with Gasteiger partial charge in [0, 0.05) is 6.20 Å². The Balaban J connectivity index is 2.60. The summed E-state index contributed by atoms with van der Waals surface area (Å²) in [5, 5.41) is 0.941. The molecule has 3 nitrogen and oxygen atoms in total. The molecule has 1 aromatic heterocycles. The first kappa shape index (κ1) is 9.32. The van der Waals surface area contributed by atoms with Crippen LogP contribution in [0.25, 0.3) is 0 Å². The number of nitrogens with zero attached hydrogens (tertiary/aromatic N) is 2. The first-order valence-electron chi connectivity index (χ1n) is 3.86. The third kappa shape index (κ3) is 2.70. The van der Waals surface area contributed by atoms with Gasteiger partial charge in [-0.15, -0.1) is 11.8 Å². The Bertz CT molecular complexity index is 242. The van der Waals surface area contributed by atoms with Gasteiger partial charge in [0.25, 0.3) is 0 Å². The third-order valence-electron chi connectivity index (χ3n) is 1.25. The average Bonchev–Trinajstić information content (AvgIpc) is 2.15. The highest BCUT2D eigenvalue weighted by Gasteiger charge is 1.97. The van der Waals surface area contributed by atoms with Crippen LogP contribution in [0.15, 0.2) is 17.3 Å². The van der Waals surface area contributed by atoms with E-state index in [1.165, 1.54) is 0 Å². The van der Waals surface area contributed by atoms with Crippen molar-refractivity contribution in [1.29, 1.82) is 0 Å². The lowest BCUT2D eigenvalue weighted by atomic mass is 10.5. The highest BCUT2D eigenvalue weighted by molar-refractivity contribution is 7.98. The summed E-state index contributed by atoms with van der Waals surface area (Å²) in [5.74, 6) is 0. The molecular formula is C8H12N2OS. The van der Waals surface area contributed by atoms with Crippen LogP contribution < -0.4 is 4.74 Å². The normalized spacial score (nSPS) is 9.83. The quantitative estimate of drug-likeness (QED) is 0.529. The molecule has 0 fully saturated rings. The van der Waals surface area contributed by atoms with Gasteiger partial charge in [0.2, 0.25) is 0 Å². The molecule has 0 aliphatic heterocycles. The summed E-state index contributed by atoms with van der Waals surface area (Å²) in [6, 6.07) is 2.34. The number of thioether (sulfide) groups is 1. The Hall–Kier alpha value is -0.770. The zero-order valence-corrected chi connectivity index (χ0v) is 8.10. The Kier molecular flexibility index (Phi) is 3.87. The van der Waals surface area contributed by atoms with E-state index < -0.39 is 0 Å². The van der Waals surface area contributed by atoms with Crippen LogP contribution in [-0.4, -0.2) is 22.8 Å². The first-order chi connectivity index (χ1) is 5.86. The lowest BCUT2D eigenvalue weighted by molar-refractivity contribution is 0.290. The Labute approximate surface area is 76.6 Å². The van der Waals surface area contributed by atoms with E-state index in [-0.39, 0.29) is 0 Å². The van der Waals surface area contributed by atoms with Crippen molar-refractivity contribution in [1.82, 2.24) is 9.97 Å². The van der Waals surface area contributed by atoms with E-state index in [1.54, 1.807) is 18.0 Å². The van der Waals surface area contributed by atoms with E-state index in [0.29, 0.717) is 12.6 Å². The minimum Gasteiger partial charge on any atom is -0.463 e. The van der Waals surface area contributed by atoms with E-state index in [2.05, 4.69) is 16.9 Å². The van der Waals surface area contributed by atoms with Gasteiger partial charge in [-0.25, -0.2) is 4.98 Å². The molecule has 0 unspecified atom stereocenters. The van der Waals surface area contributed by atoms with Gasteiger partial charge in [0.05, 0.1) is 6.61 Å². The number of hydrogen-bond acceptors (Lipinski definition) is 4. The molecule has 0 saturated heterocycles. The number of ether oxygens (including phenoxy) is 1. The van der Waals surface area contributed by atoms with Gasteiger partial charge in [-0.2, -0.15) is 4.98 Å². The monoisotopic (exact) mass is 184 g/mol. The molecule has 0 radical (unpaired) electrons. The SMILES string of the molecule is CCCOc1nccc(SC)n1. The lowest BCUT2D eigenvalue weighted by Crippen LogP contribution is -1.99. The summed E-state index contributed by atoms with van der Waals surface area (Å²) in [6.45, 7) is 2.73. The van der Waals surface area contributed by atoms with Gasteiger partial charge >= 0.3 is 6.01 Å². The molecule has 0 amide bonds. The molecule has 0 N–H and O–H groups in total. The lowest BCUT2D eigenvalue weighted by Gasteiger charge is -2.01. The van der Waals surface area contributed by atoms with Crippen LogP contribution in [0.3, 0.4) is 0 Å². The predicted molar refractivity (Wildman–Crippen MR) is 49.6 cm³/mol. The van der Waals surface area contributed by atoms with E-state index in [9.17, 15) is 0 Å². The van der Waals surface area contributed by atoms with Crippen molar-refractivity contribution >= 4 is 11.8 Å². The molecule has 66 valence electrons. The minimum absolute atomic E-state index is 0.476. The van der Waals surface area contributed by atoms with Gasteiger partial charge in [-0.1, -0.05) is 6.92 Å². The Morgan fingerprint density at radius 2 is 2.42 bits per heavy atom. The topological polar surface area (TPSA) is 35.0 Å². The largest absolute Gasteiger partial charge is 0.463 e. The van der Waals surface area contributed by atoms with Crippen molar-refractivity contribution in [2.75, 3.05) is 12.9 Å². The molecule has 1 aromatic rings. The van der Waals surface area contributed by atoms with Gasteiger partial charge < -0.3 is 4.74 Å². The first-order valence-corrected chi connectivity index (χ1v) is 5.09. The fourth-order valence-corrected chi connectivity index (χ4v) is 1.07. The van der Waals surface area contributed by atoms with Crippen molar-refractivity contribution in [2.24, 2.45) is 0 Å². The Morgan fingerprint density at radius 1 is 1.58 bits per heavy atom. The van der Waals surface area contributed by atoms with Gasteiger partial charge in [0.15, 0.2) is 0 Å². The maximum absolute atomic E-state index is 5.26. The Morgan fingerprint density at radius 3 is 3.08 bits per heavy atom. The van der Waals surface area contributed by atoms with Gasteiger partial charge in [-0.05, 0) is 18.7 Å². The van der Waals surface area contributed by atoms with E-state index in [0.717, 1.165) is 11.4 Å². The highest BCUT2D eigenvalue weighted by atomic mass is 32.2. The zero-order chi connectivity index (χ0) is 8.81. The van der Waals surface area contributed by atoms with Crippen LogP contribution >= 0.6 is 11.8 Å². The van der Waals surface area contributed by atoms with Crippen LogP contribution in [-0.2, 0) is 0 Å². The average molecular weight is 184 g/mol. The minimum atomic E-state index is 0.476. The number of hydrogen-bond donors (Lipinski definition) is 0. The molecule has 4 heteroatoms. The molecule has 12 heavy (non-hydrogen) atoms. The highest BCUT2D eigenvalue weighted by Crippen LogP contribution is 2.12. The van der Waals surface area contributed by atoms with Crippen LogP contribution in [0.4, 0.5) is 0 Å². The molecule has 1 rings (SSSR count). The van der Waals surface area contributed by atoms with E-state index in [1.807, 2.05) is 12.3 Å². The van der Waals surface area contributed by atoms with E-state index >= 15 is 0 Å². The van der Waals surface area contributed by atoms with Crippen LogP contribution in [0.5, 0.6) is 6.01 Å². The molecule has 0 bridgehead atoms. The molecule has 0 aliphatic rings. The second kappa shape index (κ2) is 4.98. The summed E-state index contributed by atoms with van der Waals surface area (Å²) in [7, 11) is 0. The van der Waals surface area contributed by atoms with Crippen molar-refractivity contribution in [2.45, 2.75) is 18.4 Å². The van der Waals surface area contributed by atoms with Crippen molar-refractivity contribution < 1.29 is 4.74 Å². The fourth-order valence-electron chi connectivity index (χ4n) is 0.702. The van der Waals surface area contributed by atoms with Gasteiger partial charge in [-0.3, -0.25) is 0 Å². The molecule has 0 atom stereocenters. The van der Waals surface area contributed by atoms with Crippen molar-refractivity contribution in [3.05, 3.63) is 12.3 Å². The second-order valence-corrected chi connectivity index (χ2v) is 3.06. The summed E-state index contributed by atoms with van der Waals surface area (Å²) in [5.41, 5.74) is 0. The molecule has 0 aromatic carbocycles. The molecule has 0 saturated carbocycles. The summed E-state index contributed by atoms with van der Waals surface area (Å²) in [4.78, 5) is 8.14. The fraction of sp³-hybridized carbons (Fsp3) is 0.500. The van der Waals surface area contributed by atoms with Crippen LogP contribution in [0.2, 0.25) is 0 Å². The summed E-state index contributed by atoms with van der Waals surface area (Å²) >= 11 is 1.59. The molecule has 0 aliphatic carbocycles. The van der Waals surface area contributed by atoms with Gasteiger partial charge in [0.1, 0.15) is 5.03 Å². The third-order valence-corrected chi connectivity index (χ3v) is 1.90. The van der Waals surface area contributed by atoms with Crippen molar-refractivity contribution in [3.63, 3.8) is 0 Å². The number of rotatable bonds is 4. The summed E-state index contributed by atoms with van der Waals surface area (Å²) < 4.78 is 5.26. The maximum Gasteiger partial charge on any atom is 0.317 e. The van der Waals surface area contributed by atoms with Crippen LogP contribution in [0.1, 0.15) is 13.3 Å². The predicted octanol–water partition coefficient (Wildman–Crippen LogP) is 1.99.